The topological polar surface area (TPSA) is 118 Å². The molecular weight excluding hydrogens is 517 g/mol. The fourth-order valence-electron chi connectivity index (χ4n) is 2.14. The van der Waals surface area contributed by atoms with Gasteiger partial charge in [0.2, 0.25) is 0 Å². The SMILES string of the molecule is Cl.Cl.Cl.Cl.N=C(N)c1ccc(OCCCCOc2ccc(C(=N)N)cc2Cl)c(Cl)c1. The number of hydrogen-bond acceptors (Lipinski definition) is 4. The molecule has 2 aromatic carbocycles. The minimum atomic E-state index is -0.0365. The quantitative estimate of drug-likeness (QED) is 0.191. The number of halogens is 6. The largest absolute Gasteiger partial charge is 0.492 e. The number of rotatable bonds is 9. The summed E-state index contributed by atoms with van der Waals surface area (Å²) in [5, 5.41) is 15.6. The number of unbranched alkanes of at least 4 members (excludes halogenated alkanes) is 1. The monoisotopic (exact) mass is 538 g/mol. The molecule has 0 spiro atoms. The number of nitrogen functional groups attached to an aromatic ring is 2. The fourth-order valence-corrected chi connectivity index (χ4v) is 2.61. The zero-order valence-electron chi connectivity index (χ0n) is 15.7. The molecule has 0 amide bonds. The number of amidine groups is 2. The average molecular weight is 541 g/mol. The summed E-state index contributed by atoms with van der Waals surface area (Å²) in [7, 11) is 0. The average Bonchev–Trinajstić information content (AvgIpc) is 2.59. The van der Waals surface area contributed by atoms with E-state index in [-0.39, 0.29) is 61.3 Å². The summed E-state index contributed by atoms with van der Waals surface area (Å²) in [6.07, 6.45) is 1.54. The molecule has 0 radical (unpaired) electrons. The van der Waals surface area contributed by atoms with E-state index in [0.717, 1.165) is 12.8 Å². The number of nitrogens with one attached hydrogen (secondary N) is 2. The summed E-state index contributed by atoms with van der Waals surface area (Å²) in [4.78, 5) is 0. The normalized spacial score (nSPS) is 9.00. The molecule has 0 aliphatic heterocycles. The van der Waals surface area contributed by atoms with Gasteiger partial charge in [0.05, 0.1) is 23.3 Å². The second-order valence-corrected chi connectivity index (χ2v) is 6.34. The van der Waals surface area contributed by atoms with Crippen LogP contribution < -0.4 is 20.9 Å². The summed E-state index contributed by atoms with van der Waals surface area (Å²) >= 11 is 12.2. The fraction of sp³-hybridized carbons (Fsp3) is 0.222. The van der Waals surface area contributed by atoms with Gasteiger partial charge in [-0.05, 0) is 49.2 Å². The van der Waals surface area contributed by atoms with E-state index in [1.54, 1.807) is 36.4 Å². The van der Waals surface area contributed by atoms with Gasteiger partial charge in [-0.1, -0.05) is 23.2 Å². The van der Waals surface area contributed by atoms with Crippen LogP contribution in [0.15, 0.2) is 36.4 Å². The molecule has 2 aromatic rings. The van der Waals surface area contributed by atoms with Crippen LogP contribution in [0.2, 0.25) is 10.0 Å². The first kappa shape index (κ1) is 33.4. The Morgan fingerprint density at radius 3 is 1.30 bits per heavy atom. The van der Waals surface area contributed by atoms with Crippen molar-refractivity contribution in [2.24, 2.45) is 11.5 Å². The van der Waals surface area contributed by atoms with Crippen LogP contribution in [0.1, 0.15) is 24.0 Å². The van der Waals surface area contributed by atoms with Crippen molar-refractivity contribution in [3.8, 4) is 11.5 Å². The molecule has 0 aliphatic rings. The molecule has 0 bridgehead atoms. The maximum atomic E-state index is 7.37. The summed E-state index contributed by atoms with van der Waals surface area (Å²) in [5.74, 6) is 1.04. The van der Waals surface area contributed by atoms with E-state index in [4.69, 9.17) is 55.0 Å². The zero-order valence-corrected chi connectivity index (χ0v) is 20.4. The van der Waals surface area contributed by atoms with Crippen molar-refractivity contribution in [1.29, 1.82) is 10.8 Å². The van der Waals surface area contributed by atoms with E-state index >= 15 is 0 Å². The lowest BCUT2D eigenvalue weighted by Crippen LogP contribution is -2.11. The Morgan fingerprint density at radius 1 is 0.700 bits per heavy atom. The van der Waals surface area contributed by atoms with Crippen molar-refractivity contribution < 1.29 is 9.47 Å². The lowest BCUT2D eigenvalue weighted by Gasteiger charge is -2.11. The van der Waals surface area contributed by atoms with E-state index in [2.05, 4.69) is 0 Å². The van der Waals surface area contributed by atoms with Crippen LogP contribution in [0, 0.1) is 10.8 Å². The van der Waals surface area contributed by atoms with Crippen LogP contribution in [0.25, 0.3) is 0 Å². The molecule has 2 rings (SSSR count). The summed E-state index contributed by atoms with van der Waals surface area (Å²) in [6, 6.07) is 10.0. The standard InChI is InChI=1S/C18H20Cl2N4O2.4ClH/c19-13-9-11(17(21)22)3-5-15(13)25-7-1-2-8-26-16-6-4-12(18(23)24)10-14(16)20;;;;/h3-6,9-10H,1-2,7-8H2,(H3,21,22)(H3,23,24);4*1H. The number of ether oxygens (including phenoxy) is 2. The Bertz CT molecular complexity index is 756. The van der Waals surface area contributed by atoms with Gasteiger partial charge in [0.25, 0.3) is 0 Å². The second kappa shape index (κ2) is 16.4. The van der Waals surface area contributed by atoms with Crippen molar-refractivity contribution in [1.82, 2.24) is 0 Å². The molecule has 0 saturated carbocycles. The highest BCUT2D eigenvalue weighted by Gasteiger charge is 2.06. The Hall–Kier alpha value is -1.28. The van der Waals surface area contributed by atoms with E-state index < -0.39 is 0 Å². The van der Waals surface area contributed by atoms with Crippen LogP contribution in [0.5, 0.6) is 11.5 Å². The minimum Gasteiger partial charge on any atom is -0.492 e. The van der Waals surface area contributed by atoms with E-state index in [0.29, 0.717) is 45.9 Å². The molecule has 0 fully saturated rings. The van der Waals surface area contributed by atoms with Crippen LogP contribution in [-0.4, -0.2) is 24.9 Å². The van der Waals surface area contributed by atoms with Gasteiger partial charge in [-0.15, -0.1) is 49.6 Å². The molecule has 0 heterocycles. The van der Waals surface area contributed by atoms with Gasteiger partial charge >= 0.3 is 0 Å². The third-order valence-corrected chi connectivity index (χ3v) is 4.13. The van der Waals surface area contributed by atoms with Crippen molar-refractivity contribution in [3.63, 3.8) is 0 Å². The molecule has 6 nitrogen and oxygen atoms in total. The molecule has 0 unspecified atom stereocenters. The van der Waals surface area contributed by atoms with Crippen LogP contribution >= 0.6 is 72.8 Å². The molecule has 6 N–H and O–H groups in total. The molecule has 12 heteroatoms. The predicted octanol–water partition coefficient (Wildman–Crippen LogP) is 5.49. The maximum absolute atomic E-state index is 7.37. The Kier molecular flexibility index (Phi) is 18.3. The zero-order chi connectivity index (χ0) is 19.1. The third kappa shape index (κ3) is 10.2. The second-order valence-electron chi connectivity index (χ2n) is 5.52. The highest BCUT2D eigenvalue weighted by atomic mass is 35.5. The Labute approximate surface area is 210 Å². The first-order valence-corrected chi connectivity index (χ1v) is 8.67. The Morgan fingerprint density at radius 2 is 1.03 bits per heavy atom. The lowest BCUT2D eigenvalue weighted by molar-refractivity contribution is 0.266. The smallest absolute Gasteiger partial charge is 0.137 e. The molecule has 0 aliphatic carbocycles. The van der Waals surface area contributed by atoms with Gasteiger partial charge in [0.15, 0.2) is 0 Å². The van der Waals surface area contributed by atoms with Crippen molar-refractivity contribution >= 4 is 84.5 Å². The van der Waals surface area contributed by atoms with Gasteiger partial charge in [-0.25, -0.2) is 0 Å². The maximum Gasteiger partial charge on any atom is 0.137 e. The summed E-state index contributed by atoms with van der Waals surface area (Å²) < 4.78 is 11.3. The molecule has 0 aromatic heterocycles. The summed E-state index contributed by atoms with van der Waals surface area (Å²) in [5.41, 5.74) is 11.9. The Balaban J connectivity index is -0.00000182. The van der Waals surface area contributed by atoms with E-state index in [1.165, 1.54) is 0 Å². The highest BCUT2D eigenvalue weighted by Crippen LogP contribution is 2.26. The van der Waals surface area contributed by atoms with Crippen molar-refractivity contribution in [2.75, 3.05) is 13.2 Å². The highest BCUT2D eigenvalue weighted by molar-refractivity contribution is 6.32. The first-order chi connectivity index (χ1) is 12.4. The first-order valence-electron chi connectivity index (χ1n) is 7.92. The predicted molar refractivity (Wildman–Crippen MR) is 134 cm³/mol. The van der Waals surface area contributed by atoms with Crippen molar-refractivity contribution in [3.05, 3.63) is 57.6 Å². The summed E-state index contributed by atoms with van der Waals surface area (Å²) in [6.45, 7) is 0.971. The lowest BCUT2D eigenvalue weighted by atomic mass is 10.2. The van der Waals surface area contributed by atoms with Crippen LogP contribution in [0.3, 0.4) is 0 Å². The molecular formula is C18H24Cl6N4O2. The number of nitrogens with two attached hydrogens (primary N) is 2. The van der Waals surface area contributed by atoms with E-state index in [9.17, 15) is 0 Å². The minimum absolute atomic E-state index is 0. The van der Waals surface area contributed by atoms with Gasteiger partial charge in [-0.2, -0.15) is 0 Å². The van der Waals surface area contributed by atoms with Crippen molar-refractivity contribution in [2.45, 2.75) is 12.8 Å². The van der Waals surface area contributed by atoms with E-state index in [1.807, 2.05) is 0 Å². The number of benzene rings is 2. The van der Waals surface area contributed by atoms with Gasteiger partial charge in [-0.3, -0.25) is 10.8 Å². The van der Waals surface area contributed by atoms with Gasteiger partial charge in [0.1, 0.15) is 23.2 Å². The van der Waals surface area contributed by atoms with Gasteiger partial charge < -0.3 is 20.9 Å². The van der Waals surface area contributed by atoms with Crippen LogP contribution in [-0.2, 0) is 0 Å². The molecule has 0 saturated heterocycles. The number of hydrogen-bond donors (Lipinski definition) is 4. The molecule has 30 heavy (non-hydrogen) atoms. The molecule has 170 valence electrons. The van der Waals surface area contributed by atoms with Crippen LogP contribution in [0.4, 0.5) is 0 Å². The van der Waals surface area contributed by atoms with Gasteiger partial charge in [0, 0.05) is 11.1 Å². The molecule has 0 atom stereocenters. The third-order valence-electron chi connectivity index (χ3n) is 3.54.